The molecule has 2 rings (SSSR count). The molecule has 0 aliphatic heterocycles. The Balaban J connectivity index is 2.13. The zero-order chi connectivity index (χ0) is 10.0. The molecule has 1 fully saturated rings. The molecule has 0 bridgehead atoms. The largest absolute Gasteiger partial charge is 0.472 e. The van der Waals surface area contributed by atoms with Gasteiger partial charge in [-0.2, -0.15) is 0 Å². The maximum atomic E-state index is 10.3. The molecule has 0 spiro atoms. The molecule has 1 aliphatic rings. The van der Waals surface area contributed by atoms with Crippen LogP contribution < -0.4 is 5.73 Å². The molecule has 78 valence electrons. The summed E-state index contributed by atoms with van der Waals surface area (Å²) in [6.07, 6.45) is 8.18. The quantitative estimate of drug-likeness (QED) is 0.758. The predicted molar refractivity (Wildman–Crippen MR) is 53.7 cm³/mol. The average molecular weight is 195 g/mol. The highest BCUT2D eigenvalue weighted by molar-refractivity contribution is 5.16. The van der Waals surface area contributed by atoms with Gasteiger partial charge in [0.25, 0.3) is 0 Å². The minimum atomic E-state index is -0.720. The molecule has 1 aromatic heterocycles. The van der Waals surface area contributed by atoms with Gasteiger partial charge in [0.2, 0.25) is 0 Å². The standard InChI is InChI=1S/C11H17NO2/c12-10(9-4-7-14-8-9)11(13)5-2-1-3-6-11/h4,7-8,10,13H,1-3,5-6,12H2. The molecule has 1 atom stereocenters. The number of hydrogen-bond donors (Lipinski definition) is 2. The van der Waals surface area contributed by atoms with Crippen molar-refractivity contribution in [3.05, 3.63) is 24.2 Å². The van der Waals surface area contributed by atoms with Gasteiger partial charge in [0.1, 0.15) is 0 Å². The maximum absolute atomic E-state index is 10.3. The van der Waals surface area contributed by atoms with Crippen LogP contribution in [-0.4, -0.2) is 10.7 Å². The summed E-state index contributed by atoms with van der Waals surface area (Å²) in [6.45, 7) is 0. The molecule has 1 aliphatic carbocycles. The highest BCUT2D eigenvalue weighted by Crippen LogP contribution is 2.36. The van der Waals surface area contributed by atoms with Gasteiger partial charge in [0, 0.05) is 5.56 Å². The van der Waals surface area contributed by atoms with Crippen LogP contribution in [0.3, 0.4) is 0 Å². The molecule has 3 N–H and O–H groups in total. The van der Waals surface area contributed by atoms with E-state index in [1.807, 2.05) is 6.07 Å². The van der Waals surface area contributed by atoms with E-state index >= 15 is 0 Å². The van der Waals surface area contributed by atoms with Crippen molar-refractivity contribution in [2.45, 2.75) is 43.7 Å². The monoisotopic (exact) mass is 195 g/mol. The average Bonchev–Trinajstić information content (AvgIpc) is 2.70. The molecule has 1 aromatic rings. The zero-order valence-corrected chi connectivity index (χ0v) is 8.28. The second kappa shape index (κ2) is 3.75. The topological polar surface area (TPSA) is 59.4 Å². The van der Waals surface area contributed by atoms with Crippen molar-refractivity contribution < 1.29 is 9.52 Å². The highest BCUT2D eigenvalue weighted by Gasteiger charge is 2.36. The van der Waals surface area contributed by atoms with Crippen LogP contribution in [0, 0.1) is 0 Å². The van der Waals surface area contributed by atoms with E-state index in [-0.39, 0.29) is 6.04 Å². The summed E-state index contributed by atoms with van der Waals surface area (Å²) in [7, 11) is 0. The van der Waals surface area contributed by atoms with E-state index in [2.05, 4.69) is 0 Å². The van der Waals surface area contributed by atoms with Gasteiger partial charge in [-0.25, -0.2) is 0 Å². The molecule has 1 saturated carbocycles. The normalized spacial score (nSPS) is 23.3. The van der Waals surface area contributed by atoms with E-state index in [0.29, 0.717) is 0 Å². The fraction of sp³-hybridized carbons (Fsp3) is 0.636. The third-order valence-electron chi connectivity index (χ3n) is 3.20. The molecule has 14 heavy (non-hydrogen) atoms. The summed E-state index contributed by atoms with van der Waals surface area (Å²) in [4.78, 5) is 0. The van der Waals surface area contributed by atoms with Gasteiger partial charge in [-0.05, 0) is 18.9 Å². The van der Waals surface area contributed by atoms with Crippen LogP contribution in [0.4, 0.5) is 0 Å². The number of aliphatic hydroxyl groups is 1. The SMILES string of the molecule is NC(c1ccoc1)C1(O)CCCCC1. The van der Waals surface area contributed by atoms with Crippen molar-refractivity contribution in [2.75, 3.05) is 0 Å². The Morgan fingerprint density at radius 1 is 1.36 bits per heavy atom. The third-order valence-corrected chi connectivity index (χ3v) is 3.20. The lowest BCUT2D eigenvalue weighted by Gasteiger charge is -2.36. The Labute approximate surface area is 83.9 Å². The van der Waals surface area contributed by atoms with Gasteiger partial charge in [-0.3, -0.25) is 0 Å². The first-order chi connectivity index (χ1) is 6.72. The van der Waals surface area contributed by atoms with Crippen molar-refractivity contribution in [3.63, 3.8) is 0 Å². The molecule has 0 saturated heterocycles. The molecular formula is C11H17NO2. The van der Waals surface area contributed by atoms with Crippen LogP contribution in [0.5, 0.6) is 0 Å². The third kappa shape index (κ3) is 1.70. The van der Waals surface area contributed by atoms with Crippen LogP contribution in [0.15, 0.2) is 23.0 Å². The molecule has 0 aromatic carbocycles. The fourth-order valence-corrected chi connectivity index (χ4v) is 2.24. The summed E-state index contributed by atoms with van der Waals surface area (Å²) in [6, 6.07) is 1.53. The van der Waals surface area contributed by atoms with Gasteiger partial charge in [0.15, 0.2) is 0 Å². The van der Waals surface area contributed by atoms with Gasteiger partial charge >= 0.3 is 0 Å². The molecule has 1 unspecified atom stereocenters. The van der Waals surface area contributed by atoms with E-state index < -0.39 is 5.60 Å². The van der Waals surface area contributed by atoms with Gasteiger partial charge in [-0.1, -0.05) is 19.3 Å². The lowest BCUT2D eigenvalue weighted by atomic mass is 9.78. The maximum Gasteiger partial charge on any atom is 0.0951 e. The first-order valence-electron chi connectivity index (χ1n) is 5.22. The first kappa shape index (κ1) is 9.74. The highest BCUT2D eigenvalue weighted by atomic mass is 16.3. The van der Waals surface area contributed by atoms with Crippen molar-refractivity contribution in [1.29, 1.82) is 0 Å². The Hall–Kier alpha value is -0.800. The van der Waals surface area contributed by atoms with E-state index in [9.17, 15) is 5.11 Å². The van der Waals surface area contributed by atoms with Gasteiger partial charge < -0.3 is 15.3 Å². The summed E-state index contributed by atoms with van der Waals surface area (Å²) < 4.78 is 4.98. The second-order valence-corrected chi connectivity index (χ2v) is 4.20. The molecule has 0 radical (unpaired) electrons. The first-order valence-corrected chi connectivity index (χ1v) is 5.22. The summed E-state index contributed by atoms with van der Waals surface area (Å²) in [5.41, 5.74) is 6.22. The summed E-state index contributed by atoms with van der Waals surface area (Å²) in [5, 5.41) is 10.3. The molecule has 1 heterocycles. The zero-order valence-electron chi connectivity index (χ0n) is 8.28. The Kier molecular flexibility index (Phi) is 2.61. The van der Waals surface area contributed by atoms with Crippen LogP contribution in [0.2, 0.25) is 0 Å². The molecule has 0 amide bonds. The Morgan fingerprint density at radius 2 is 2.07 bits per heavy atom. The summed E-state index contributed by atoms with van der Waals surface area (Å²) >= 11 is 0. The van der Waals surface area contributed by atoms with E-state index in [1.165, 1.54) is 6.42 Å². The fourth-order valence-electron chi connectivity index (χ4n) is 2.24. The second-order valence-electron chi connectivity index (χ2n) is 4.20. The number of hydrogen-bond acceptors (Lipinski definition) is 3. The van der Waals surface area contributed by atoms with Crippen molar-refractivity contribution >= 4 is 0 Å². The summed E-state index contributed by atoms with van der Waals surface area (Å²) in [5.74, 6) is 0. The van der Waals surface area contributed by atoms with Crippen LogP contribution >= 0.6 is 0 Å². The number of nitrogens with two attached hydrogens (primary N) is 1. The Bertz CT molecular complexity index is 275. The minimum absolute atomic E-state index is 0.304. The van der Waals surface area contributed by atoms with Crippen molar-refractivity contribution in [1.82, 2.24) is 0 Å². The Morgan fingerprint density at radius 3 is 2.64 bits per heavy atom. The smallest absolute Gasteiger partial charge is 0.0951 e. The lowest BCUT2D eigenvalue weighted by Crippen LogP contribution is -2.42. The minimum Gasteiger partial charge on any atom is -0.472 e. The molecular weight excluding hydrogens is 178 g/mol. The van der Waals surface area contributed by atoms with Gasteiger partial charge in [0.05, 0.1) is 24.2 Å². The number of furan rings is 1. The molecule has 3 nitrogen and oxygen atoms in total. The lowest BCUT2D eigenvalue weighted by molar-refractivity contribution is -0.0204. The van der Waals surface area contributed by atoms with Crippen LogP contribution in [0.25, 0.3) is 0 Å². The molecule has 3 heteroatoms. The van der Waals surface area contributed by atoms with Crippen LogP contribution in [-0.2, 0) is 0 Å². The van der Waals surface area contributed by atoms with E-state index in [1.54, 1.807) is 12.5 Å². The van der Waals surface area contributed by atoms with Crippen molar-refractivity contribution in [3.8, 4) is 0 Å². The number of rotatable bonds is 2. The van der Waals surface area contributed by atoms with Crippen molar-refractivity contribution in [2.24, 2.45) is 5.73 Å². The van der Waals surface area contributed by atoms with Crippen LogP contribution in [0.1, 0.15) is 43.7 Å². The van der Waals surface area contributed by atoms with E-state index in [4.69, 9.17) is 10.2 Å². The van der Waals surface area contributed by atoms with E-state index in [0.717, 1.165) is 31.2 Å². The van der Waals surface area contributed by atoms with Gasteiger partial charge in [-0.15, -0.1) is 0 Å². The predicted octanol–water partition coefficient (Wildman–Crippen LogP) is 1.97.